The summed E-state index contributed by atoms with van der Waals surface area (Å²) < 4.78 is 39.7. The Morgan fingerprint density at radius 1 is 0.354 bits per heavy atom. The lowest BCUT2D eigenvalue weighted by molar-refractivity contribution is -0.161. The summed E-state index contributed by atoms with van der Waals surface area (Å²) in [5.41, 5.74) is 0. The van der Waals surface area contributed by atoms with Crippen molar-refractivity contribution in [2.24, 2.45) is 0 Å². The van der Waals surface area contributed by atoms with Gasteiger partial charge in [-0.15, -0.1) is 0 Å². The molecule has 476 valence electrons. The number of aliphatic hydroxyl groups is 1. The number of hydrogen-bond acceptors (Lipinski definition) is 10. The Balaban J connectivity index is 4.69. The smallest absolute Gasteiger partial charge is 0.462 e. The number of carbonyl (C=O) groups is 3. The Bertz CT molecular complexity index is 1650. The molecule has 0 aliphatic heterocycles. The molecule has 0 aromatic heterocycles. The van der Waals surface area contributed by atoms with Crippen molar-refractivity contribution in [2.45, 2.75) is 328 Å². The molecule has 0 amide bonds. The highest BCUT2D eigenvalue weighted by Crippen LogP contribution is 2.43. The molecule has 0 spiro atoms. The van der Waals surface area contributed by atoms with Gasteiger partial charge in [0.25, 0.3) is 0 Å². The van der Waals surface area contributed by atoms with Crippen molar-refractivity contribution in [3.63, 3.8) is 0 Å². The number of phosphoric acid groups is 1. The van der Waals surface area contributed by atoms with Crippen LogP contribution < -0.4 is 0 Å². The van der Waals surface area contributed by atoms with Crippen molar-refractivity contribution in [1.29, 1.82) is 0 Å². The van der Waals surface area contributed by atoms with E-state index in [0.29, 0.717) is 19.3 Å². The number of phosphoric ester groups is 1. The van der Waals surface area contributed by atoms with E-state index in [4.69, 9.17) is 23.3 Å². The summed E-state index contributed by atoms with van der Waals surface area (Å²) in [6.07, 6.45) is 74.2. The van der Waals surface area contributed by atoms with Crippen molar-refractivity contribution < 1.29 is 52.2 Å². The fraction of sp³-hybridized carbons (Fsp3) is 0.786. The van der Waals surface area contributed by atoms with E-state index in [0.717, 1.165) is 89.9 Å². The normalized spacial score (nSPS) is 13.7. The first-order valence-corrected chi connectivity index (χ1v) is 35.3. The molecule has 0 saturated carbocycles. The Morgan fingerprint density at radius 3 is 0.988 bits per heavy atom. The number of carbonyl (C=O) groups excluding carboxylic acids is 3. The van der Waals surface area contributed by atoms with Gasteiger partial charge in [-0.05, 0) is 109 Å². The van der Waals surface area contributed by atoms with Crippen LogP contribution in [0.4, 0.5) is 0 Å². The molecule has 0 radical (unpaired) electrons. The molecule has 2 N–H and O–H groups in total. The van der Waals surface area contributed by atoms with Crippen LogP contribution in [0.15, 0.2) is 72.9 Å². The van der Waals surface area contributed by atoms with Gasteiger partial charge in [0.1, 0.15) is 12.7 Å². The van der Waals surface area contributed by atoms with Gasteiger partial charge in [0, 0.05) is 19.3 Å². The molecule has 0 fully saturated rings. The number of rotatable bonds is 63. The van der Waals surface area contributed by atoms with Crippen LogP contribution in [0.25, 0.3) is 0 Å². The number of unbranched alkanes of at least 4 members (excludes halogenated alkanes) is 34. The van der Waals surface area contributed by atoms with E-state index >= 15 is 0 Å². The van der Waals surface area contributed by atoms with Crippen LogP contribution in [0.3, 0.4) is 0 Å². The summed E-state index contributed by atoms with van der Waals surface area (Å²) in [5.74, 6) is -1.48. The first kappa shape index (κ1) is 78.9. The molecule has 82 heavy (non-hydrogen) atoms. The van der Waals surface area contributed by atoms with Gasteiger partial charge in [0.05, 0.1) is 19.8 Å². The van der Waals surface area contributed by atoms with Crippen LogP contribution in [-0.2, 0) is 42.2 Å². The van der Waals surface area contributed by atoms with Gasteiger partial charge >= 0.3 is 25.7 Å². The van der Waals surface area contributed by atoms with E-state index in [-0.39, 0.29) is 25.9 Å². The van der Waals surface area contributed by atoms with Gasteiger partial charge in [-0.3, -0.25) is 23.4 Å². The monoisotopic (exact) mass is 1170 g/mol. The predicted molar refractivity (Wildman–Crippen MR) is 344 cm³/mol. The zero-order valence-electron chi connectivity index (χ0n) is 53.0. The Hall–Kier alpha value is -3.08. The first-order valence-electron chi connectivity index (χ1n) is 33.8. The molecular formula is C70H125O11P. The Morgan fingerprint density at radius 2 is 0.634 bits per heavy atom. The average molecular weight is 1170 g/mol. The highest BCUT2D eigenvalue weighted by atomic mass is 31.2. The summed E-state index contributed by atoms with van der Waals surface area (Å²) in [5, 5.41) is 9.87. The molecule has 11 nitrogen and oxygen atoms in total. The fourth-order valence-electron chi connectivity index (χ4n) is 9.46. The number of ether oxygens (including phenoxy) is 3. The largest absolute Gasteiger partial charge is 0.472 e. The predicted octanol–water partition coefficient (Wildman–Crippen LogP) is 20.8. The Kier molecular flexibility index (Phi) is 61.5. The van der Waals surface area contributed by atoms with E-state index < -0.39 is 57.8 Å². The third kappa shape index (κ3) is 61.5. The molecule has 0 aromatic rings. The zero-order chi connectivity index (χ0) is 59.8. The summed E-state index contributed by atoms with van der Waals surface area (Å²) in [6, 6.07) is 0. The lowest BCUT2D eigenvalue weighted by atomic mass is 10.1. The SMILES string of the molecule is CC/C=C\C/C=C\C/C=C\C/C=C\CCCCCCC(=O)OCC(COP(=O)(O)OCC(CO)OC(=O)CCCCCCCCCCC/C=C\CCCCCCCC)OC(=O)CCCCCCCCCCC/C=C\CCCCCCCC. The number of aliphatic hydroxyl groups excluding tert-OH is 1. The van der Waals surface area contributed by atoms with Crippen LogP contribution in [0, 0.1) is 0 Å². The molecule has 0 aliphatic rings. The summed E-state index contributed by atoms with van der Waals surface area (Å²) in [7, 11) is -4.76. The van der Waals surface area contributed by atoms with Crippen LogP contribution in [0.2, 0.25) is 0 Å². The van der Waals surface area contributed by atoms with Gasteiger partial charge in [0.2, 0.25) is 0 Å². The van der Waals surface area contributed by atoms with E-state index in [1.165, 1.54) is 167 Å². The second kappa shape index (κ2) is 63.9. The second-order valence-electron chi connectivity index (χ2n) is 22.6. The van der Waals surface area contributed by atoms with Crippen molar-refractivity contribution in [3.05, 3.63) is 72.9 Å². The van der Waals surface area contributed by atoms with Crippen LogP contribution in [0.5, 0.6) is 0 Å². The summed E-state index contributed by atoms with van der Waals surface area (Å²) in [4.78, 5) is 48.8. The lowest BCUT2D eigenvalue weighted by Crippen LogP contribution is -2.30. The van der Waals surface area contributed by atoms with Gasteiger partial charge in [-0.25, -0.2) is 4.57 Å². The molecule has 0 rings (SSSR count). The highest BCUT2D eigenvalue weighted by Gasteiger charge is 2.28. The zero-order valence-corrected chi connectivity index (χ0v) is 53.8. The minimum atomic E-state index is -4.76. The average Bonchev–Trinajstić information content (AvgIpc) is 3.47. The van der Waals surface area contributed by atoms with E-state index in [1.54, 1.807) is 0 Å². The fourth-order valence-corrected chi connectivity index (χ4v) is 10.2. The number of allylic oxidation sites excluding steroid dienone is 12. The Labute approximate surface area is 503 Å². The minimum Gasteiger partial charge on any atom is -0.462 e. The molecule has 12 heteroatoms. The number of hydrogen-bond donors (Lipinski definition) is 2. The van der Waals surface area contributed by atoms with Gasteiger partial charge in [-0.2, -0.15) is 0 Å². The lowest BCUT2D eigenvalue weighted by Gasteiger charge is -2.21. The third-order valence-corrected chi connectivity index (χ3v) is 15.5. The molecule has 0 aliphatic carbocycles. The van der Waals surface area contributed by atoms with E-state index in [2.05, 4.69) is 93.7 Å². The van der Waals surface area contributed by atoms with E-state index in [9.17, 15) is 28.9 Å². The molecule has 3 atom stereocenters. The molecule has 0 saturated heterocycles. The molecular weight excluding hydrogens is 1050 g/mol. The van der Waals surface area contributed by atoms with Gasteiger partial charge < -0.3 is 24.2 Å². The number of esters is 3. The first-order chi connectivity index (χ1) is 40.2. The summed E-state index contributed by atoms with van der Waals surface area (Å²) in [6.45, 7) is 4.55. The molecule has 0 heterocycles. The topological polar surface area (TPSA) is 155 Å². The van der Waals surface area contributed by atoms with Crippen molar-refractivity contribution in [2.75, 3.05) is 26.4 Å². The van der Waals surface area contributed by atoms with Crippen LogP contribution in [0.1, 0.15) is 316 Å². The maximum atomic E-state index is 13.0. The van der Waals surface area contributed by atoms with Crippen molar-refractivity contribution in [1.82, 2.24) is 0 Å². The minimum absolute atomic E-state index is 0.159. The molecule has 0 bridgehead atoms. The van der Waals surface area contributed by atoms with Gasteiger partial charge in [0.15, 0.2) is 6.10 Å². The second-order valence-corrected chi connectivity index (χ2v) is 24.1. The quantitative estimate of drug-likeness (QED) is 0.0197. The van der Waals surface area contributed by atoms with Gasteiger partial charge in [-0.1, -0.05) is 261 Å². The molecule has 0 aromatic carbocycles. The molecule has 3 unspecified atom stereocenters. The van der Waals surface area contributed by atoms with Crippen LogP contribution in [-0.4, -0.2) is 66.5 Å². The van der Waals surface area contributed by atoms with E-state index in [1.807, 2.05) is 0 Å². The summed E-state index contributed by atoms with van der Waals surface area (Å²) >= 11 is 0. The van der Waals surface area contributed by atoms with Crippen molar-refractivity contribution in [3.8, 4) is 0 Å². The van der Waals surface area contributed by atoms with Crippen molar-refractivity contribution >= 4 is 25.7 Å². The third-order valence-electron chi connectivity index (χ3n) is 14.6. The maximum absolute atomic E-state index is 13.0. The maximum Gasteiger partial charge on any atom is 0.472 e. The van der Waals surface area contributed by atoms with Crippen LogP contribution >= 0.6 is 7.82 Å². The standard InChI is InChI=1S/C70H125O11P/c1-4-7-10-13-16-19-22-25-28-31-33-36-39-42-45-48-51-54-57-60-69(73)80-66(62-71)64-78-82(75,76)79-65-67(63-77-68(72)59-56-53-50-47-44-41-38-35-30-27-24-21-18-15-12-9-6-3)81-70(74)61-58-55-52-49-46-43-40-37-34-32-29-26-23-20-17-14-11-8-5-2/h9,12,18,21,25-30,38,41,66-67,71H,4-8,10-11,13-17,19-20,22-24,31-37,39-40,42-65H2,1-3H3,(H,75,76)/b12-9-,21-18-,28-25-,29-26-,30-27-,41-38-. The highest BCUT2D eigenvalue weighted by molar-refractivity contribution is 7.47.